The third kappa shape index (κ3) is 2.38. The molecule has 0 aliphatic rings. The van der Waals surface area contributed by atoms with Crippen LogP contribution in [0.4, 0.5) is 5.82 Å². The van der Waals surface area contributed by atoms with Crippen molar-refractivity contribution in [2.24, 2.45) is 12.8 Å². The van der Waals surface area contributed by atoms with Crippen molar-refractivity contribution < 1.29 is 0 Å². The number of aromatic nitrogens is 2. The zero-order valence-corrected chi connectivity index (χ0v) is 11.1. The van der Waals surface area contributed by atoms with Crippen LogP contribution < -0.4 is 10.6 Å². The Morgan fingerprint density at radius 2 is 2.12 bits per heavy atom. The van der Waals surface area contributed by atoms with Crippen molar-refractivity contribution in [3.05, 3.63) is 11.3 Å². The first kappa shape index (κ1) is 13.0. The van der Waals surface area contributed by atoms with Crippen LogP contribution in [0.25, 0.3) is 0 Å². The Kier molecular flexibility index (Phi) is 4.35. The normalized spacial score (nSPS) is 12.9. The van der Waals surface area contributed by atoms with Crippen LogP contribution in [0.15, 0.2) is 0 Å². The summed E-state index contributed by atoms with van der Waals surface area (Å²) < 4.78 is 1.93. The van der Waals surface area contributed by atoms with Gasteiger partial charge in [0.1, 0.15) is 5.82 Å². The van der Waals surface area contributed by atoms with E-state index in [1.165, 1.54) is 12.8 Å². The van der Waals surface area contributed by atoms with Gasteiger partial charge >= 0.3 is 0 Å². The Bertz CT molecular complexity index is 343. The molecule has 0 bridgehead atoms. The summed E-state index contributed by atoms with van der Waals surface area (Å²) in [6.45, 7) is 7.02. The van der Waals surface area contributed by atoms with Gasteiger partial charge in [0.2, 0.25) is 0 Å². The molecular formula is C12H24N4. The van der Waals surface area contributed by atoms with Gasteiger partial charge < -0.3 is 10.6 Å². The van der Waals surface area contributed by atoms with Crippen molar-refractivity contribution in [3.63, 3.8) is 0 Å². The molecule has 0 aromatic carbocycles. The maximum absolute atomic E-state index is 5.80. The summed E-state index contributed by atoms with van der Waals surface area (Å²) in [5, 5.41) is 4.44. The molecule has 0 saturated heterocycles. The second-order valence-electron chi connectivity index (χ2n) is 4.46. The summed E-state index contributed by atoms with van der Waals surface area (Å²) in [5.74, 6) is 1.15. The van der Waals surface area contributed by atoms with Gasteiger partial charge in [0.15, 0.2) is 0 Å². The molecule has 1 atom stereocenters. The zero-order chi connectivity index (χ0) is 12.3. The molecule has 1 aromatic heterocycles. The minimum Gasteiger partial charge on any atom is -0.357 e. The number of nitrogens with two attached hydrogens (primary N) is 1. The topological polar surface area (TPSA) is 47.1 Å². The molecule has 4 nitrogen and oxygen atoms in total. The molecule has 0 aliphatic carbocycles. The summed E-state index contributed by atoms with van der Waals surface area (Å²) in [6, 6.07) is 0.519. The SMILES string of the molecule is CCCC(C)N(C)c1c(CN)c(C)nn1C. The van der Waals surface area contributed by atoms with Gasteiger partial charge in [-0.05, 0) is 20.3 Å². The van der Waals surface area contributed by atoms with Crippen molar-refractivity contribution in [2.75, 3.05) is 11.9 Å². The quantitative estimate of drug-likeness (QED) is 0.829. The van der Waals surface area contributed by atoms with Crippen LogP contribution in [0, 0.1) is 6.92 Å². The average Bonchev–Trinajstić information content (AvgIpc) is 2.52. The van der Waals surface area contributed by atoms with Crippen molar-refractivity contribution in [1.29, 1.82) is 0 Å². The van der Waals surface area contributed by atoms with Crippen LogP contribution in [0.3, 0.4) is 0 Å². The average molecular weight is 224 g/mol. The number of nitrogens with zero attached hydrogens (tertiary/aromatic N) is 3. The molecule has 0 radical (unpaired) electrons. The number of anilines is 1. The van der Waals surface area contributed by atoms with E-state index in [1.54, 1.807) is 0 Å². The van der Waals surface area contributed by atoms with E-state index in [-0.39, 0.29) is 0 Å². The Labute approximate surface area is 98.4 Å². The maximum atomic E-state index is 5.80. The molecule has 1 unspecified atom stereocenters. The van der Waals surface area contributed by atoms with Crippen molar-refractivity contribution in [2.45, 2.75) is 46.2 Å². The van der Waals surface area contributed by atoms with Gasteiger partial charge in [-0.25, -0.2) is 0 Å². The lowest BCUT2D eigenvalue weighted by molar-refractivity contribution is 0.593. The van der Waals surface area contributed by atoms with Gasteiger partial charge in [-0.3, -0.25) is 4.68 Å². The van der Waals surface area contributed by atoms with Gasteiger partial charge in [0.25, 0.3) is 0 Å². The lowest BCUT2D eigenvalue weighted by Crippen LogP contribution is -2.31. The minimum absolute atomic E-state index is 0.519. The second-order valence-corrected chi connectivity index (χ2v) is 4.46. The van der Waals surface area contributed by atoms with Gasteiger partial charge in [-0.1, -0.05) is 13.3 Å². The van der Waals surface area contributed by atoms with E-state index in [9.17, 15) is 0 Å². The summed E-state index contributed by atoms with van der Waals surface area (Å²) in [7, 11) is 4.10. The highest BCUT2D eigenvalue weighted by molar-refractivity contribution is 5.50. The predicted octanol–water partition coefficient (Wildman–Crippen LogP) is 1.81. The van der Waals surface area contributed by atoms with Gasteiger partial charge in [0.05, 0.1) is 5.69 Å². The molecule has 1 aromatic rings. The number of hydrogen-bond acceptors (Lipinski definition) is 3. The van der Waals surface area contributed by atoms with Crippen molar-refractivity contribution in [3.8, 4) is 0 Å². The van der Waals surface area contributed by atoms with Crippen LogP contribution in [-0.4, -0.2) is 22.9 Å². The standard InChI is InChI=1S/C12H24N4/c1-6-7-9(2)15(4)12-11(8-13)10(3)14-16(12)5/h9H,6-8,13H2,1-5H3. The Balaban J connectivity index is 3.02. The van der Waals surface area contributed by atoms with E-state index in [4.69, 9.17) is 5.73 Å². The zero-order valence-electron chi connectivity index (χ0n) is 11.1. The summed E-state index contributed by atoms with van der Waals surface area (Å²) >= 11 is 0. The molecule has 1 heterocycles. The monoisotopic (exact) mass is 224 g/mol. The molecular weight excluding hydrogens is 200 g/mol. The van der Waals surface area contributed by atoms with E-state index < -0.39 is 0 Å². The van der Waals surface area contributed by atoms with Crippen LogP contribution in [-0.2, 0) is 13.6 Å². The van der Waals surface area contributed by atoms with Crippen molar-refractivity contribution in [1.82, 2.24) is 9.78 Å². The van der Waals surface area contributed by atoms with Crippen LogP contribution in [0.2, 0.25) is 0 Å². The van der Waals surface area contributed by atoms with Crippen LogP contribution >= 0.6 is 0 Å². The Hall–Kier alpha value is -1.03. The Morgan fingerprint density at radius 1 is 1.50 bits per heavy atom. The minimum atomic E-state index is 0.519. The van der Waals surface area contributed by atoms with E-state index >= 15 is 0 Å². The Morgan fingerprint density at radius 3 is 2.62 bits per heavy atom. The molecule has 0 amide bonds. The lowest BCUT2D eigenvalue weighted by Gasteiger charge is -2.27. The molecule has 0 spiro atoms. The van der Waals surface area contributed by atoms with Gasteiger partial charge in [-0.15, -0.1) is 0 Å². The van der Waals surface area contributed by atoms with Crippen LogP contribution in [0.1, 0.15) is 37.9 Å². The highest BCUT2D eigenvalue weighted by Crippen LogP contribution is 2.24. The summed E-state index contributed by atoms with van der Waals surface area (Å²) in [4.78, 5) is 2.28. The molecule has 4 heteroatoms. The molecule has 16 heavy (non-hydrogen) atoms. The molecule has 2 N–H and O–H groups in total. The summed E-state index contributed by atoms with van der Waals surface area (Å²) in [6.07, 6.45) is 2.38. The first-order valence-corrected chi connectivity index (χ1v) is 5.98. The summed E-state index contributed by atoms with van der Waals surface area (Å²) in [5.41, 5.74) is 7.99. The smallest absolute Gasteiger partial charge is 0.131 e. The molecule has 1 rings (SSSR count). The third-order valence-corrected chi connectivity index (χ3v) is 3.22. The maximum Gasteiger partial charge on any atom is 0.131 e. The van der Waals surface area contributed by atoms with Gasteiger partial charge in [0, 0.05) is 32.2 Å². The van der Waals surface area contributed by atoms with E-state index in [0.717, 1.165) is 17.1 Å². The lowest BCUT2D eigenvalue weighted by atomic mass is 10.1. The highest BCUT2D eigenvalue weighted by atomic mass is 15.4. The fraction of sp³-hybridized carbons (Fsp3) is 0.750. The number of rotatable bonds is 5. The van der Waals surface area contributed by atoms with Crippen molar-refractivity contribution >= 4 is 5.82 Å². The van der Waals surface area contributed by atoms with E-state index in [2.05, 4.69) is 30.9 Å². The highest BCUT2D eigenvalue weighted by Gasteiger charge is 2.18. The first-order valence-electron chi connectivity index (χ1n) is 5.98. The van der Waals surface area contributed by atoms with E-state index in [1.807, 2.05) is 18.7 Å². The largest absolute Gasteiger partial charge is 0.357 e. The molecule has 92 valence electrons. The molecule has 0 saturated carbocycles. The fourth-order valence-electron chi connectivity index (χ4n) is 2.19. The number of aryl methyl sites for hydroxylation is 2. The predicted molar refractivity (Wildman–Crippen MR) is 68.6 cm³/mol. The second kappa shape index (κ2) is 5.34. The number of hydrogen-bond donors (Lipinski definition) is 1. The van der Waals surface area contributed by atoms with Crippen LogP contribution in [0.5, 0.6) is 0 Å². The molecule has 0 aliphatic heterocycles. The van der Waals surface area contributed by atoms with E-state index in [0.29, 0.717) is 12.6 Å². The first-order chi connectivity index (χ1) is 7.52. The fourth-order valence-corrected chi connectivity index (χ4v) is 2.19. The molecule has 0 fully saturated rings. The van der Waals surface area contributed by atoms with Gasteiger partial charge in [-0.2, -0.15) is 5.10 Å². The third-order valence-electron chi connectivity index (χ3n) is 3.22.